The minimum Gasteiger partial charge on any atom is -0.456 e. The van der Waals surface area contributed by atoms with Gasteiger partial charge in [0.25, 0.3) is 0 Å². The van der Waals surface area contributed by atoms with Crippen molar-refractivity contribution in [2.24, 2.45) is 0 Å². The summed E-state index contributed by atoms with van der Waals surface area (Å²) in [5, 5.41) is 3.90. The second-order valence-corrected chi connectivity index (χ2v) is 17.8. The Bertz CT molecular complexity index is 4080. The van der Waals surface area contributed by atoms with Gasteiger partial charge in [-0.2, -0.15) is 0 Å². The van der Waals surface area contributed by atoms with Crippen LogP contribution in [0.4, 0.5) is 0 Å². The van der Waals surface area contributed by atoms with Gasteiger partial charge in [-0.3, -0.25) is 0 Å². The number of furan rings is 2. The Labute approximate surface area is 397 Å². The summed E-state index contributed by atoms with van der Waals surface area (Å²) in [7, 11) is 0. The first-order valence-corrected chi connectivity index (χ1v) is 23.3. The molecule has 1 aliphatic carbocycles. The molecule has 0 amide bonds. The van der Waals surface area contributed by atoms with Gasteiger partial charge in [0.05, 0.1) is 5.41 Å². The molecule has 0 N–H and O–H groups in total. The van der Waals surface area contributed by atoms with Gasteiger partial charge in [0.1, 0.15) is 22.3 Å². The van der Waals surface area contributed by atoms with Crippen LogP contribution in [0.2, 0.25) is 0 Å². The van der Waals surface area contributed by atoms with E-state index in [1.54, 1.807) is 0 Å². The van der Waals surface area contributed by atoms with Gasteiger partial charge < -0.3 is 8.83 Å². The lowest BCUT2D eigenvalue weighted by atomic mass is 9.67. The summed E-state index contributed by atoms with van der Waals surface area (Å²) < 4.78 is 13.0. The van der Waals surface area contributed by atoms with Crippen molar-refractivity contribution >= 4 is 43.9 Å². The topological polar surface area (TPSA) is 65.0 Å². The fraction of sp³-hybridized carbons (Fsp3) is 0.0156. The predicted octanol–water partition coefficient (Wildman–Crippen LogP) is 16.4. The van der Waals surface area contributed by atoms with E-state index in [0.29, 0.717) is 17.5 Å². The zero-order valence-electron chi connectivity index (χ0n) is 37.2. The molecule has 14 rings (SSSR count). The molecule has 0 unspecified atom stereocenters. The molecule has 0 radical (unpaired) electrons. The second kappa shape index (κ2) is 15.4. The predicted molar refractivity (Wildman–Crippen MR) is 279 cm³/mol. The summed E-state index contributed by atoms with van der Waals surface area (Å²) >= 11 is 0. The van der Waals surface area contributed by atoms with Crippen molar-refractivity contribution in [3.05, 3.63) is 259 Å². The minimum absolute atomic E-state index is 0.507. The first-order chi connectivity index (χ1) is 34.2. The van der Waals surface area contributed by atoms with E-state index < -0.39 is 5.41 Å². The van der Waals surface area contributed by atoms with E-state index in [9.17, 15) is 0 Å². The largest absolute Gasteiger partial charge is 0.456 e. The molecule has 322 valence electrons. The number of hydrogen-bond acceptors (Lipinski definition) is 5. The van der Waals surface area contributed by atoms with Crippen molar-refractivity contribution in [1.82, 2.24) is 15.0 Å². The molecule has 0 atom stereocenters. The Hall–Kier alpha value is -9.19. The van der Waals surface area contributed by atoms with Crippen LogP contribution < -0.4 is 0 Å². The van der Waals surface area contributed by atoms with Gasteiger partial charge in [-0.25, -0.2) is 15.0 Å². The summed E-state index contributed by atoms with van der Waals surface area (Å²) in [6.07, 6.45) is 0. The fourth-order valence-corrected chi connectivity index (χ4v) is 11.0. The second-order valence-electron chi connectivity index (χ2n) is 17.8. The number of aromatic nitrogens is 3. The maximum Gasteiger partial charge on any atom is 0.164 e. The molecule has 5 nitrogen and oxygen atoms in total. The maximum atomic E-state index is 6.67. The summed E-state index contributed by atoms with van der Waals surface area (Å²) in [4.78, 5) is 15.9. The molecule has 5 heteroatoms. The zero-order valence-corrected chi connectivity index (χ0v) is 37.2. The fourth-order valence-electron chi connectivity index (χ4n) is 11.0. The van der Waals surface area contributed by atoms with Crippen LogP contribution in [0.5, 0.6) is 0 Å². The molecule has 10 aromatic carbocycles. The smallest absolute Gasteiger partial charge is 0.164 e. The molecule has 0 saturated heterocycles. The van der Waals surface area contributed by atoms with E-state index in [-0.39, 0.29) is 0 Å². The summed E-state index contributed by atoms with van der Waals surface area (Å²) in [6, 6.07) is 83.5. The van der Waals surface area contributed by atoms with E-state index in [0.717, 1.165) is 82.8 Å². The van der Waals surface area contributed by atoms with Crippen molar-refractivity contribution in [2.45, 2.75) is 5.41 Å². The molecule has 13 aromatic rings. The molecule has 0 spiro atoms. The third-order valence-electron chi connectivity index (χ3n) is 14.1. The van der Waals surface area contributed by atoms with Gasteiger partial charge >= 0.3 is 0 Å². The number of fused-ring (bicyclic) bond motifs is 9. The van der Waals surface area contributed by atoms with E-state index in [2.05, 4.69) is 188 Å². The van der Waals surface area contributed by atoms with Gasteiger partial charge in [-0.05, 0) is 92.0 Å². The van der Waals surface area contributed by atoms with Crippen molar-refractivity contribution in [2.75, 3.05) is 0 Å². The van der Waals surface area contributed by atoms with Crippen LogP contribution >= 0.6 is 0 Å². The molecule has 0 bridgehead atoms. The lowest BCUT2D eigenvalue weighted by Crippen LogP contribution is -2.28. The first-order valence-electron chi connectivity index (χ1n) is 23.3. The first kappa shape index (κ1) is 39.0. The SMILES string of the molecule is c1ccc(-c2ccc(-c3nc(-c4cccc5oc6ccccc6c45)nc(-c4cccc5oc6ccc(-c7ccc8c(c7)C(c7ccccc7)(c7ccccc7)c7ccccc7-8)cc6c45)n3)cc2)cc1. The molecule has 69 heavy (non-hydrogen) atoms. The van der Waals surface area contributed by atoms with Gasteiger partial charge in [0.2, 0.25) is 0 Å². The normalized spacial score (nSPS) is 12.8. The van der Waals surface area contributed by atoms with E-state index in [4.69, 9.17) is 23.8 Å². The Morgan fingerprint density at radius 1 is 0.275 bits per heavy atom. The molecular formula is C64H39N3O2. The Morgan fingerprint density at radius 3 is 1.43 bits per heavy atom. The lowest BCUT2D eigenvalue weighted by molar-refractivity contribution is 0.668. The van der Waals surface area contributed by atoms with Crippen LogP contribution in [0, 0.1) is 0 Å². The van der Waals surface area contributed by atoms with Crippen LogP contribution in [0.1, 0.15) is 22.3 Å². The van der Waals surface area contributed by atoms with Crippen molar-refractivity contribution in [1.29, 1.82) is 0 Å². The lowest BCUT2D eigenvalue weighted by Gasteiger charge is -2.34. The molecule has 0 fully saturated rings. The van der Waals surface area contributed by atoms with Gasteiger partial charge in [0.15, 0.2) is 17.5 Å². The highest BCUT2D eigenvalue weighted by Crippen LogP contribution is 2.57. The highest BCUT2D eigenvalue weighted by Gasteiger charge is 2.46. The Morgan fingerprint density at radius 2 is 0.739 bits per heavy atom. The van der Waals surface area contributed by atoms with E-state index in [1.165, 1.54) is 33.4 Å². The molecule has 0 aliphatic heterocycles. The average Bonchev–Trinajstić information content (AvgIpc) is 4.10. The van der Waals surface area contributed by atoms with Crippen LogP contribution in [0.15, 0.2) is 245 Å². The van der Waals surface area contributed by atoms with Crippen molar-refractivity contribution in [3.63, 3.8) is 0 Å². The Balaban J connectivity index is 0.961. The number of para-hydroxylation sites is 1. The van der Waals surface area contributed by atoms with Crippen LogP contribution in [-0.2, 0) is 5.41 Å². The highest BCUT2D eigenvalue weighted by molar-refractivity contribution is 6.14. The highest BCUT2D eigenvalue weighted by atomic mass is 16.3. The number of benzene rings is 10. The van der Waals surface area contributed by atoms with Gasteiger partial charge in [0, 0.05) is 38.2 Å². The monoisotopic (exact) mass is 881 g/mol. The van der Waals surface area contributed by atoms with Crippen LogP contribution in [-0.4, -0.2) is 15.0 Å². The number of nitrogens with zero attached hydrogens (tertiary/aromatic N) is 3. The van der Waals surface area contributed by atoms with Gasteiger partial charge in [-0.15, -0.1) is 0 Å². The molecule has 1 aliphatic rings. The maximum absolute atomic E-state index is 6.67. The van der Waals surface area contributed by atoms with E-state index in [1.807, 2.05) is 48.5 Å². The standard InChI is InChI=1S/C64H39N3O2/c1-4-16-40(17-5-1)41-30-32-42(33-31-41)61-65-62(50-24-14-28-57-59(50)49-23-11-13-27-55(49)68-57)67-63(66-61)51-25-15-29-58-60(51)52-38-43(35-37-56(52)69-58)44-34-36-48-47-22-10-12-26-53(47)64(54(48)39-44,45-18-6-2-7-19-45)46-20-8-3-9-21-46/h1-39H. The Kier molecular flexibility index (Phi) is 8.73. The summed E-state index contributed by atoms with van der Waals surface area (Å²) in [6.45, 7) is 0. The summed E-state index contributed by atoms with van der Waals surface area (Å²) in [5.41, 5.74) is 17.2. The van der Waals surface area contributed by atoms with Crippen LogP contribution in [0.3, 0.4) is 0 Å². The van der Waals surface area contributed by atoms with Gasteiger partial charge in [-0.1, -0.05) is 200 Å². The molecular weight excluding hydrogens is 843 g/mol. The van der Waals surface area contributed by atoms with Crippen molar-refractivity contribution < 1.29 is 8.83 Å². The number of rotatable bonds is 7. The quantitative estimate of drug-likeness (QED) is 0.160. The van der Waals surface area contributed by atoms with Crippen LogP contribution in [0.25, 0.3) is 111 Å². The number of hydrogen-bond donors (Lipinski definition) is 0. The minimum atomic E-state index is -0.507. The third-order valence-corrected chi connectivity index (χ3v) is 14.1. The molecule has 3 aromatic heterocycles. The third kappa shape index (κ3) is 6.07. The molecule has 0 saturated carbocycles. The molecule has 3 heterocycles. The summed E-state index contributed by atoms with van der Waals surface area (Å²) in [5.74, 6) is 1.69. The average molecular weight is 882 g/mol. The zero-order chi connectivity index (χ0) is 45.5. The van der Waals surface area contributed by atoms with Crippen molar-refractivity contribution in [3.8, 4) is 67.5 Å². The van der Waals surface area contributed by atoms with E-state index >= 15 is 0 Å².